The van der Waals surface area contributed by atoms with Crippen LogP contribution in [-0.4, -0.2) is 11.5 Å². The zero-order valence-electron chi connectivity index (χ0n) is 7.43. The molecular formula is C10H14N2. The molecule has 12 heavy (non-hydrogen) atoms. The van der Waals surface area contributed by atoms with E-state index in [0.29, 0.717) is 0 Å². The zero-order valence-corrected chi connectivity index (χ0v) is 7.43. The van der Waals surface area contributed by atoms with Crippen molar-refractivity contribution in [2.24, 2.45) is 0 Å². The number of aryl methyl sites for hydroxylation is 1. The summed E-state index contributed by atoms with van der Waals surface area (Å²) in [5.74, 6) is 0. The Morgan fingerprint density at radius 1 is 1.58 bits per heavy atom. The summed E-state index contributed by atoms with van der Waals surface area (Å²) in [6.45, 7) is 4.21. The van der Waals surface area contributed by atoms with E-state index in [0.717, 1.165) is 25.9 Å². The summed E-state index contributed by atoms with van der Waals surface area (Å²) in [5, 5.41) is 3.32. The molecule has 64 valence electrons. The average Bonchev–Trinajstić information content (AvgIpc) is 2.17. The fourth-order valence-corrected chi connectivity index (χ4v) is 1.59. The summed E-state index contributed by atoms with van der Waals surface area (Å²) in [4.78, 5) is 4.43. The number of pyridine rings is 1. The van der Waals surface area contributed by atoms with Crippen LogP contribution in [0.5, 0.6) is 0 Å². The number of hydrogen-bond donors (Lipinski definition) is 1. The van der Waals surface area contributed by atoms with Gasteiger partial charge in [0.25, 0.3) is 0 Å². The Morgan fingerprint density at radius 2 is 2.50 bits per heavy atom. The Bertz CT molecular complexity index is 281. The van der Waals surface area contributed by atoms with Gasteiger partial charge in [-0.05, 0) is 30.5 Å². The third-order valence-corrected chi connectivity index (χ3v) is 2.39. The second-order valence-electron chi connectivity index (χ2n) is 3.23. The van der Waals surface area contributed by atoms with Crippen LogP contribution in [0.2, 0.25) is 0 Å². The molecular weight excluding hydrogens is 148 g/mol. The van der Waals surface area contributed by atoms with Crippen LogP contribution < -0.4 is 5.32 Å². The van der Waals surface area contributed by atoms with Crippen molar-refractivity contribution in [3.63, 3.8) is 0 Å². The lowest BCUT2D eigenvalue weighted by atomic mass is 10.0. The lowest BCUT2D eigenvalue weighted by molar-refractivity contribution is 0.626. The maximum Gasteiger partial charge on any atom is 0.0574 e. The van der Waals surface area contributed by atoms with E-state index >= 15 is 0 Å². The predicted molar refractivity (Wildman–Crippen MR) is 49.0 cm³/mol. The standard InChI is InChI=1S/C10H14N2/c1-2-8-5-9-3-4-11-7-10(9)12-6-8/h5-6,11H,2-4,7H2,1H3. The van der Waals surface area contributed by atoms with E-state index < -0.39 is 0 Å². The molecule has 2 nitrogen and oxygen atoms in total. The molecule has 0 atom stereocenters. The van der Waals surface area contributed by atoms with Gasteiger partial charge in [0.05, 0.1) is 5.69 Å². The van der Waals surface area contributed by atoms with Gasteiger partial charge in [-0.3, -0.25) is 4.98 Å². The fraction of sp³-hybridized carbons (Fsp3) is 0.500. The molecule has 2 rings (SSSR count). The smallest absolute Gasteiger partial charge is 0.0574 e. The van der Waals surface area contributed by atoms with Gasteiger partial charge >= 0.3 is 0 Å². The second kappa shape index (κ2) is 3.23. The fourth-order valence-electron chi connectivity index (χ4n) is 1.59. The molecule has 2 heteroatoms. The van der Waals surface area contributed by atoms with Gasteiger partial charge in [0.1, 0.15) is 0 Å². The summed E-state index contributed by atoms with van der Waals surface area (Å²) < 4.78 is 0. The Morgan fingerprint density at radius 3 is 3.33 bits per heavy atom. The number of fused-ring (bicyclic) bond motifs is 1. The molecule has 0 amide bonds. The average molecular weight is 162 g/mol. The van der Waals surface area contributed by atoms with Crippen LogP contribution in [0.15, 0.2) is 12.3 Å². The van der Waals surface area contributed by atoms with Gasteiger partial charge in [-0.1, -0.05) is 13.0 Å². The van der Waals surface area contributed by atoms with E-state index in [-0.39, 0.29) is 0 Å². The van der Waals surface area contributed by atoms with E-state index in [1.165, 1.54) is 16.8 Å². The first-order valence-corrected chi connectivity index (χ1v) is 4.57. The lowest BCUT2D eigenvalue weighted by Gasteiger charge is -2.16. The molecule has 1 aliphatic heterocycles. The van der Waals surface area contributed by atoms with Crippen LogP contribution in [-0.2, 0) is 19.4 Å². The number of nitrogens with one attached hydrogen (secondary N) is 1. The van der Waals surface area contributed by atoms with Gasteiger partial charge in [0.2, 0.25) is 0 Å². The highest BCUT2D eigenvalue weighted by molar-refractivity contribution is 5.27. The highest BCUT2D eigenvalue weighted by atomic mass is 14.9. The maximum absolute atomic E-state index is 4.43. The summed E-state index contributed by atoms with van der Waals surface area (Å²) in [6, 6.07) is 2.29. The van der Waals surface area contributed by atoms with Crippen LogP contribution >= 0.6 is 0 Å². The predicted octanol–water partition coefficient (Wildman–Crippen LogP) is 1.29. The van der Waals surface area contributed by atoms with Crippen molar-refractivity contribution in [1.29, 1.82) is 0 Å². The van der Waals surface area contributed by atoms with E-state index in [1.54, 1.807) is 0 Å². The first kappa shape index (κ1) is 7.74. The number of hydrogen-bond acceptors (Lipinski definition) is 2. The zero-order chi connectivity index (χ0) is 8.39. The lowest BCUT2D eigenvalue weighted by Crippen LogP contribution is -2.24. The largest absolute Gasteiger partial charge is 0.311 e. The van der Waals surface area contributed by atoms with Crippen molar-refractivity contribution in [3.8, 4) is 0 Å². The summed E-state index contributed by atoms with van der Waals surface area (Å²) in [7, 11) is 0. The molecule has 0 bridgehead atoms. The summed E-state index contributed by atoms with van der Waals surface area (Å²) in [5.41, 5.74) is 4.03. The van der Waals surface area contributed by atoms with Gasteiger partial charge in [-0.2, -0.15) is 0 Å². The molecule has 1 aliphatic rings. The highest BCUT2D eigenvalue weighted by Gasteiger charge is 2.09. The van der Waals surface area contributed by atoms with Crippen molar-refractivity contribution in [2.75, 3.05) is 6.54 Å². The Hall–Kier alpha value is -0.890. The minimum absolute atomic E-state index is 0.944. The van der Waals surface area contributed by atoms with Crippen molar-refractivity contribution < 1.29 is 0 Å². The molecule has 0 saturated carbocycles. The van der Waals surface area contributed by atoms with Gasteiger partial charge in [-0.15, -0.1) is 0 Å². The van der Waals surface area contributed by atoms with Crippen molar-refractivity contribution >= 4 is 0 Å². The first-order chi connectivity index (χ1) is 5.90. The topological polar surface area (TPSA) is 24.9 Å². The molecule has 0 aromatic carbocycles. The molecule has 1 aromatic heterocycles. The van der Waals surface area contributed by atoms with E-state index in [9.17, 15) is 0 Å². The molecule has 1 aromatic rings. The van der Waals surface area contributed by atoms with Gasteiger partial charge in [0, 0.05) is 12.7 Å². The van der Waals surface area contributed by atoms with Gasteiger partial charge < -0.3 is 5.32 Å². The van der Waals surface area contributed by atoms with Gasteiger partial charge in [0.15, 0.2) is 0 Å². The third-order valence-electron chi connectivity index (χ3n) is 2.39. The Labute approximate surface area is 73.0 Å². The van der Waals surface area contributed by atoms with Crippen LogP contribution in [0.4, 0.5) is 0 Å². The SMILES string of the molecule is CCc1cnc2c(c1)CCNC2. The highest BCUT2D eigenvalue weighted by Crippen LogP contribution is 2.12. The molecule has 0 radical (unpaired) electrons. The van der Waals surface area contributed by atoms with Crippen LogP contribution in [0.25, 0.3) is 0 Å². The first-order valence-electron chi connectivity index (χ1n) is 4.57. The molecule has 1 N–H and O–H groups in total. The second-order valence-corrected chi connectivity index (χ2v) is 3.23. The van der Waals surface area contributed by atoms with Crippen molar-refractivity contribution in [3.05, 3.63) is 29.1 Å². The van der Waals surface area contributed by atoms with Crippen LogP contribution in [0.3, 0.4) is 0 Å². The van der Waals surface area contributed by atoms with E-state index in [2.05, 4.69) is 23.3 Å². The van der Waals surface area contributed by atoms with Crippen LogP contribution in [0, 0.1) is 0 Å². The minimum atomic E-state index is 0.944. The van der Waals surface area contributed by atoms with Crippen LogP contribution in [0.1, 0.15) is 23.7 Å². The van der Waals surface area contributed by atoms with E-state index in [1.807, 2.05) is 6.20 Å². The number of rotatable bonds is 1. The molecule has 0 aliphatic carbocycles. The Balaban J connectivity index is 2.36. The monoisotopic (exact) mass is 162 g/mol. The quantitative estimate of drug-likeness (QED) is 0.673. The molecule has 0 spiro atoms. The molecule has 2 heterocycles. The molecule has 0 fully saturated rings. The summed E-state index contributed by atoms with van der Waals surface area (Å²) in [6.07, 6.45) is 4.22. The molecule has 0 unspecified atom stereocenters. The van der Waals surface area contributed by atoms with Gasteiger partial charge in [-0.25, -0.2) is 0 Å². The third kappa shape index (κ3) is 1.34. The summed E-state index contributed by atoms with van der Waals surface area (Å²) >= 11 is 0. The minimum Gasteiger partial charge on any atom is -0.311 e. The normalized spacial score (nSPS) is 15.8. The number of aromatic nitrogens is 1. The van der Waals surface area contributed by atoms with Crippen molar-refractivity contribution in [2.45, 2.75) is 26.3 Å². The Kier molecular flexibility index (Phi) is 2.09. The van der Waals surface area contributed by atoms with Crippen molar-refractivity contribution in [1.82, 2.24) is 10.3 Å². The molecule has 0 saturated heterocycles. The van der Waals surface area contributed by atoms with E-state index in [4.69, 9.17) is 0 Å². The maximum atomic E-state index is 4.43. The number of nitrogens with zero attached hydrogens (tertiary/aromatic N) is 1.